The van der Waals surface area contributed by atoms with Crippen LogP contribution in [0.3, 0.4) is 0 Å². The van der Waals surface area contributed by atoms with E-state index in [1.165, 1.54) is 0 Å². The van der Waals surface area contributed by atoms with Gasteiger partial charge >= 0.3 is 0 Å². The van der Waals surface area contributed by atoms with Crippen molar-refractivity contribution in [2.45, 2.75) is 19.8 Å². The first-order chi connectivity index (χ1) is 6.79. The Hall–Kier alpha value is -0.320. The quantitative estimate of drug-likeness (QED) is 0.736. The number of aliphatic hydroxyl groups is 1. The summed E-state index contributed by atoms with van der Waals surface area (Å²) in [4.78, 5) is 13.6. The summed E-state index contributed by atoms with van der Waals surface area (Å²) in [5.41, 5.74) is 0. The number of nitrogens with one attached hydrogen (secondary N) is 1. The molecule has 1 fully saturated rings. The van der Waals surface area contributed by atoms with E-state index in [2.05, 4.69) is 5.32 Å². The number of halogens is 1. The summed E-state index contributed by atoms with van der Waals surface area (Å²) in [7, 11) is 0. The van der Waals surface area contributed by atoms with Crippen molar-refractivity contribution in [3.63, 3.8) is 0 Å². The van der Waals surface area contributed by atoms with Crippen LogP contribution >= 0.6 is 12.4 Å². The van der Waals surface area contributed by atoms with Gasteiger partial charge < -0.3 is 15.3 Å². The lowest BCUT2D eigenvalue weighted by molar-refractivity contribution is -0.136. The Morgan fingerprint density at radius 1 is 1.60 bits per heavy atom. The standard InChI is InChI=1S/C10H20N2O2.ClH/c1-2-12(6-7-13)10(14)9-4-3-5-11-8-9;/h9,11,13H,2-8H2,1H3;1H. The third kappa shape index (κ3) is 4.36. The fourth-order valence-electron chi connectivity index (χ4n) is 1.87. The highest BCUT2D eigenvalue weighted by molar-refractivity contribution is 5.85. The average molecular weight is 237 g/mol. The van der Waals surface area contributed by atoms with Crippen LogP contribution in [0, 0.1) is 5.92 Å². The Morgan fingerprint density at radius 3 is 2.80 bits per heavy atom. The summed E-state index contributed by atoms with van der Waals surface area (Å²) in [6, 6.07) is 0. The minimum Gasteiger partial charge on any atom is -0.395 e. The van der Waals surface area contributed by atoms with E-state index in [9.17, 15) is 4.79 Å². The molecule has 0 bridgehead atoms. The summed E-state index contributed by atoms with van der Waals surface area (Å²) in [6.07, 6.45) is 2.06. The third-order valence-electron chi connectivity index (χ3n) is 2.71. The van der Waals surface area contributed by atoms with Gasteiger partial charge in [0.25, 0.3) is 0 Å². The maximum atomic E-state index is 11.9. The fourth-order valence-corrected chi connectivity index (χ4v) is 1.87. The summed E-state index contributed by atoms with van der Waals surface area (Å²) in [5.74, 6) is 0.309. The minimum atomic E-state index is 0. The topological polar surface area (TPSA) is 52.6 Å². The number of hydrogen-bond acceptors (Lipinski definition) is 3. The molecule has 0 aromatic rings. The molecule has 0 aliphatic carbocycles. The molecular formula is C10H21ClN2O2. The first kappa shape index (κ1) is 14.7. The lowest BCUT2D eigenvalue weighted by Crippen LogP contribution is -2.43. The highest BCUT2D eigenvalue weighted by Gasteiger charge is 2.24. The number of hydrogen-bond donors (Lipinski definition) is 2. The highest BCUT2D eigenvalue weighted by Crippen LogP contribution is 2.12. The second kappa shape index (κ2) is 7.91. The van der Waals surface area contributed by atoms with Crippen LogP contribution in [0.5, 0.6) is 0 Å². The average Bonchev–Trinajstić information content (AvgIpc) is 2.26. The molecule has 0 aromatic heterocycles. The largest absolute Gasteiger partial charge is 0.395 e. The van der Waals surface area contributed by atoms with Gasteiger partial charge in [0.1, 0.15) is 0 Å². The van der Waals surface area contributed by atoms with Crippen LogP contribution in [0.4, 0.5) is 0 Å². The van der Waals surface area contributed by atoms with E-state index in [-0.39, 0.29) is 30.8 Å². The number of aliphatic hydroxyl groups excluding tert-OH is 1. The maximum Gasteiger partial charge on any atom is 0.227 e. The van der Waals surface area contributed by atoms with E-state index in [4.69, 9.17) is 5.11 Å². The Morgan fingerprint density at radius 2 is 2.33 bits per heavy atom. The molecule has 4 nitrogen and oxygen atoms in total. The van der Waals surface area contributed by atoms with Gasteiger partial charge in [-0.05, 0) is 26.3 Å². The van der Waals surface area contributed by atoms with Crippen molar-refractivity contribution in [2.75, 3.05) is 32.8 Å². The molecule has 0 spiro atoms. The maximum absolute atomic E-state index is 11.9. The van der Waals surface area contributed by atoms with Crippen molar-refractivity contribution in [3.8, 4) is 0 Å². The number of nitrogens with zero attached hydrogens (tertiary/aromatic N) is 1. The van der Waals surface area contributed by atoms with Crippen LogP contribution in [0.1, 0.15) is 19.8 Å². The lowest BCUT2D eigenvalue weighted by atomic mass is 9.98. The molecule has 1 aliphatic rings. The molecule has 90 valence electrons. The van der Waals surface area contributed by atoms with Crippen molar-refractivity contribution in [2.24, 2.45) is 5.92 Å². The van der Waals surface area contributed by atoms with E-state index in [0.717, 1.165) is 25.9 Å². The van der Waals surface area contributed by atoms with Gasteiger partial charge in [-0.25, -0.2) is 0 Å². The molecule has 1 amide bonds. The highest BCUT2D eigenvalue weighted by atomic mass is 35.5. The minimum absolute atomic E-state index is 0. The summed E-state index contributed by atoms with van der Waals surface area (Å²) in [6.45, 7) is 4.97. The molecule has 2 N–H and O–H groups in total. The summed E-state index contributed by atoms with van der Waals surface area (Å²) >= 11 is 0. The van der Waals surface area contributed by atoms with Crippen LogP contribution in [0.2, 0.25) is 0 Å². The Balaban J connectivity index is 0.00000196. The first-order valence-corrected chi connectivity index (χ1v) is 5.40. The van der Waals surface area contributed by atoms with Crippen molar-refractivity contribution in [3.05, 3.63) is 0 Å². The fraction of sp³-hybridized carbons (Fsp3) is 0.900. The van der Waals surface area contributed by atoms with Crippen molar-refractivity contribution < 1.29 is 9.90 Å². The Labute approximate surface area is 97.4 Å². The molecule has 1 heterocycles. The van der Waals surface area contributed by atoms with Crippen LogP contribution < -0.4 is 5.32 Å². The van der Waals surface area contributed by atoms with E-state index in [0.29, 0.717) is 13.1 Å². The summed E-state index contributed by atoms with van der Waals surface area (Å²) < 4.78 is 0. The molecule has 0 aromatic carbocycles. The van der Waals surface area contributed by atoms with Gasteiger partial charge in [-0.3, -0.25) is 4.79 Å². The molecule has 5 heteroatoms. The first-order valence-electron chi connectivity index (χ1n) is 5.40. The number of piperidine rings is 1. The van der Waals surface area contributed by atoms with E-state index in [1.54, 1.807) is 4.90 Å². The zero-order valence-electron chi connectivity index (χ0n) is 9.24. The monoisotopic (exact) mass is 236 g/mol. The zero-order valence-corrected chi connectivity index (χ0v) is 10.1. The Kier molecular flexibility index (Phi) is 7.74. The molecule has 15 heavy (non-hydrogen) atoms. The molecule has 1 rings (SSSR count). The second-order valence-corrected chi connectivity index (χ2v) is 3.68. The Bertz CT molecular complexity index is 178. The molecule has 1 unspecified atom stereocenters. The molecule has 1 aliphatic heterocycles. The molecular weight excluding hydrogens is 216 g/mol. The van der Waals surface area contributed by atoms with Crippen molar-refractivity contribution in [1.82, 2.24) is 10.2 Å². The van der Waals surface area contributed by atoms with E-state index >= 15 is 0 Å². The van der Waals surface area contributed by atoms with Crippen LogP contribution in [-0.4, -0.2) is 48.7 Å². The third-order valence-corrected chi connectivity index (χ3v) is 2.71. The number of carbonyl (C=O) groups excluding carboxylic acids is 1. The van der Waals surface area contributed by atoms with E-state index in [1.807, 2.05) is 6.92 Å². The van der Waals surface area contributed by atoms with Crippen LogP contribution in [0.15, 0.2) is 0 Å². The summed E-state index contributed by atoms with van der Waals surface area (Å²) in [5, 5.41) is 12.0. The van der Waals surface area contributed by atoms with E-state index < -0.39 is 0 Å². The number of rotatable bonds is 4. The van der Waals surface area contributed by atoms with Gasteiger partial charge in [0, 0.05) is 19.6 Å². The molecule has 0 saturated carbocycles. The predicted octanol–water partition coefficient (Wildman–Crippen LogP) is 0.249. The predicted molar refractivity (Wildman–Crippen MR) is 62.2 cm³/mol. The molecule has 1 atom stereocenters. The van der Waals surface area contributed by atoms with Gasteiger partial charge in [-0.2, -0.15) is 0 Å². The van der Waals surface area contributed by atoms with Gasteiger partial charge in [-0.1, -0.05) is 0 Å². The smallest absolute Gasteiger partial charge is 0.227 e. The van der Waals surface area contributed by atoms with Crippen molar-refractivity contribution >= 4 is 18.3 Å². The zero-order chi connectivity index (χ0) is 10.4. The van der Waals surface area contributed by atoms with Crippen molar-refractivity contribution in [1.29, 1.82) is 0 Å². The van der Waals surface area contributed by atoms with Gasteiger partial charge in [0.05, 0.1) is 12.5 Å². The molecule has 0 radical (unpaired) electrons. The number of amides is 1. The number of likely N-dealkylation sites (N-methyl/N-ethyl adjacent to an activating group) is 1. The molecule has 1 saturated heterocycles. The van der Waals surface area contributed by atoms with Crippen LogP contribution in [0.25, 0.3) is 0 Å². The normalized spacial score (nSPS) is 20.5. The van der Waals surface area contributed by atoms with Gasteiger partial charge in [0.2, 0.25) is 5.91 Å². The van der Waals surface area contributed by atoms with Crippen LogP contribution in [-0.2, 0) is 4.79 Å². The van der Waals surface area contributed by atoms with Gasteiger partial charge in [0.15, 0.2) is 0 Å². The second-order valence-electron chi connectivity index (χ2n) is 3.68. The SMILES string of the molecule is CCN(CCO)C(=O)C1CCCNC1.Cl. The van der Waals surface area contributed by atoms with Gasteiger partial charge in [-0.15, -0.1) is 12.4 Å². The number of carbonyl (C=O) groups is 1. The lowest BCUT2D eigenvalue weighted by Gasteiger charge is -2.28.